The van der Waals surface area contributed by atoms with Gasteiger partial charge in [-0.2, -0.15) is 0 Å². The lowest BCUT2D eigenvalue weighted by Gasteiger charge is -2.06. The largest absolute Gasteiger partial charge is 0.376 e. The highest BCUT2D eigenvalue weighted by atomic mass is 35.5. The molecule has 1 rings (SSSR count). The van der Waals surface area contributed by atoms with Crippen LogP contribution in [0.5, 0.6) is 0 Å². The van der Waals surface area contributed by atoms with Crippen LogP contribution in [0.4, 0.5) is 10.5 Å². The number of nitrogens with two attached hydrogens (primary N) is 1. The van der Waals surface area contributed by atoms with E-state index in [9.17, 15) is 9.59 Å². The van der Waals surface area contributed by atoms with Gasteiger partial charge in [-0.3, -0.25) is 10.1 Å². The highest BCUT2D eigenvalue weighted by molar-refractivity contribution is 6.35. The molecule has 0 atom stereocenters. The van der Waals surface area contributed by atoms with E-state index in [4.69, 9.17) is 28.9 Å². The number of anilines is 1. The van der Waals surface area contributed by atoms with Crippen LogP contribution in [0.3, 0.4) is 0 Å². The number of rotatable bonds is 3. The van der Waals surface area contributed by atoms with Crippen molar-refractivity contribution in [2.45, 2.75) is 0 Å². The number of hydrogen-bond donors (Lipinski definition) is 3. The fourth-order valence-electron chi connectivity index (χ4n) is 1.02. The molecule has 5 nitrogen and oxygen atoms in total. The lowest BCUT2D eigenvalue weighted by atomic mass is 10.3. The van der Waals surface area contributed by atoms with Crippen molar-refractivity contribution in [1.82, 2.24) is 5.32 Å². The smallest absolute Gasteiger partial charge is 0.318 e. The number of imide groups is 1. The molecule has 0 radical (unpaired) electrons. The number of benzene rings is 1. The molecule has 0 bridgehead atoms. The summed E-state index contributed by atoms with van der Waals surface area (Å²) < 4.78 is 0. The van der Waals surface area contributed by atoms with E-state index in [0.717, 1.165) is 0 Å². The van der Waals surface area contributed by atoms with Crippen LogP contribution >= 0.6 is 23.2 Å². The summed E-state index contributed by atoms with van der Waals surface area (Å²) in [6.07, 6.45) is 0. The highest BCUT2D eigenvalue weighted by Gasteiger charge is 2.04. The van der Waals surface area contributed by atoms with E-state index in [1.807, 2.05) is 5.32 Å². The normalized spacial score (nSPS) is 9.62. The Bertz CT molecular complexity index is 403. The predicted molar refractivity (Wildman–Crippen MR) is 62.7 cm³/mol. The van der Waals surface area contributed by atoms with Crippen LogP contribution in [0.15, 0.2) is 18.2 Å². The molecule has 4 N–H and O–H groups in total. The summed E-state index contributed by atoms with van der Waals surface area (Å²) in [5.74, 6) is -0.538. The molecule has 16 heavy (non-hydrogen) atoms. The first-order valence-corrected chi connectivity index (χ1v) is 5.02. The zero-order valence-electron chi connectivity index (χ0n) is 8.09. The van der Waals surface area contributed by atoms with E-state index >= 15 is 0 Å². The summed E-state index contributed by atoms with van der Waals surface area (Å²) >= 11 is 11.5. The summed E-state index contributed by atoms with van der Waals surface area (Å²) in [4.78, 5) is 21.4. The van der Waals surface area contributed by atoms with Crippen LogP contribution in [0.1, 0.15) is 0 Å². The summed E-state index contributed by atoms with van der Waals surface area (Å²) in [5.41, 5.74) is 5.35. The van der Waals surface area contributed by atoms with Gasteiger partial charge in [0.2, 0.25) is 5.91 Å². The molecule has 0 unspecified atom stereocenters. The predicted octanol–water partition coefficient (Wildman–Crippen LogP) is 1.60. The zero-order valence-corrected chi connectivity index (χ0v) is 9.60. The van der Waals surface area contributed by atoms with Gasteiger partial charge in [-0.25, -0.2) is 4.79 Å². The Labute approximate surface area is 102 Å². The Morgan fingerprint density at radius 2 is 1.75 bits per heavy atom. The summed E-state index contributed by atoms with van der Waals surface area (Å²) in [7, 11) is 0. The molecule has 86 valence electrons. The average molecular weight is 262 g/mol. The summed E-state index contributed by atoms with van der Waals surface area (Å²) in [5, 5.41) is 5.56. The van der Waals surface area contributed by atoms with Crippen molar-refractivity contribution in [2.75, 3.05) is 11.9 Å². The Morgan fingerprint density at radius 3 is 2.25 bits per heavy atom. The average Bonchev–Trinajstić information content (AvgIpc) is 2.12. The van der Waals surface area contributed by atoms with Gasteiger partial charge in [-0.15, -0.1) is 0 Å². The van der Waals surface area contributed by atoms with Crippen LogP contribution in [0.2, 0.25) is 10.0 Å². The Balaban J connectivity index is 2.54. The van der Waals surface area contributed by atoms with Gasteiger partial charge in [-0.1, -0.05) is 23.2 Å². The lowest BCUT2D eigenvalue weighted by molar-refractivity contribution is -0.118. The SMILES string of the molecule is NC(=O)NC(=O)CNc1cc(Cl)cc(Cl)c1. The van der Waals surface area contributed by atoms with Gasteiger partial charge in [0.15, 0.2) is 0 Å². The molecular weight excluding hydrogens is 253 g/mol. The second-order valence-corrected chi connectivity index (χ2v) is 3.80. The van der Waals surface area contributed by atoms with Gasteiger partial charge in [0.25, 0.3) is 0 Å². The standard InChI is InChI=1S/C9H9Cl2N3O2/c10-5-1-6(11)3-7(2-5)13-4-8(15)14-9(12)16/h1-3,13H,4H2,(H3,12,14,15,16). The van der Waals surface area contributed by atoms with Crippen LogP contribution < -0.4 is 16.4 Å². The first-order chi connectivity index (χ1) is 7.47. The van der Waals surface area contributed by atoms with Gasteiger partial charge in [-0.05, 0) is 18.2 Å². The van der Waals surface area contributed by atoms with E-state index in [2.05, 4.69) is 5.32 Å². The molecule has 1 aromatic rings. The van der Waals surface area contributed by atoms with Crippen LogP contribution in [0, 0.1) is 0 Å². The van der Waals surface area contributed by atoms with Gasteiger partial charge in [0, 0.05) is 15.7 Å². The second-order valence-electron chi connectivity index (χ2n) is 2.92. The van der Waals surface area contributed by atoms with Gasteiger partial charge in [0.1, 0.15) is 0 Å². The number of hydrogen-bond acceptors (Lipinski definition) is 3. The third kappa shape index (κ3) is 4.37. The van der Waals surface area contributed by atoms with Crippen LogP contribution in [-0.4, -0.2) is 18.5 Å². The molecule has 0 saturated carbocycles. The molecule has 0 aliphatic heterocycles. The van der Waals surface area contributed by atoms with Crippen molar-refractivity contribution in [3.63, 3.8) is 0 Å². The molecule has 0 aliphatic rings. The van der Waals surface area contributed by atoms with Gasteiger partial charge < -0.3 is 11.1 Å². The Morgan fingerprint density at radius 1 is 1.19 bits per heavy atom. The quantitative estimate of drug-likeness (QED) is 0.773. The van der Waals surface area contributed by atoms with E-state index in [0.29, 0.717) is 15.7 Å². The number of primary amides is 1. The summed E-state index contributed by atoms with van der Waals surface area (Å²) in [6, 6.07) is 3.88. The minimum atomic E-state index is -0.893. The van der Waals surface area contributed by atoms with Crippen molar-refractivity contribution in [2.24, 2.45) is 5.73 Å². The van der Waals surface area contributed by atoms with Gasteiger partial charge >= 0.3 is 6.03 Å². The van der Waals surface area contributed by atoms with Gasteiger partial charge in [0.05, 0.1) is 6.54 Å². The zero-order chi connectivity index (χ0) is 12.1. The van der Waals surface area contributed by atoms with E-state index < -0.39 is 11.9 Å². The second kappa shape index (κ2) is 5.58. The third-order valence-electron chi connectivity index (χ3n) is 1.58. The van der Waals surface area contributed by atoms with Crippen molar-refractivity contribution in [3.05, 3.63) is 28.2 Å². The maximum atomic E-state index is 11.1. The minimum absolute atomic E-state index is 0.0976. The number of carbonyl (C=O) groups is 2. The van der Waals surface area contributed by atoms with E-state index in [1.165, 1.54) is 0 Å². The topological polar surface area (TPSA) is 84.2 Å². The maximum absolute atomic E-state index is 11.1. The van der Waals surface area contributed by atoms with Crippen molar-refractivity contribution >= 4 is 40.8 Å². The molecule has 1 aromatic carbocycles. The molecule has 0 spiro atoms. The number of carbonyl (C=O) groups excluding carboxylic acids is 2. The van der Waals surface area contributed by atoms with Crippen molar-refractivity contribution in [3.8, 4) is 0 Å². The lowest BCUT2D eigenvalue weighted by Crippen LogP contribution is -2.38. The Kier molecular flexibility index (Phi) is 4.39. The van der Waals surface area contributed by atoms with E-state index in [-0.39, 0.29) is 6.54 Å². The third-order valence-corrected chi connectivity index (χ3v) is 2.01. The molecular formula is C9H9Cl2N3O2. The minimum Gasteiger partial charge on any atom is -0.376 e. The monoisotopic (exact) mass is 261 g/mol. The van der Waals surface area contributed by atoms with Crippen molar-refractivity contribution in [1.29, 1.82) is 0 Å². The molecule has 0 saturated heterocycles. The number of urea groups is 1. The number of nitrogens with one attached hydrogen (secondary N) is 2. The molecule has 3 amide bonds. The van der Waals surface area contributed by atoms with E-state index in [1.54, 1.807) is 18.2 Å². The van der Waals surface area contributed by atoms with Crippen LogP contribution in [0.25, 0.3) is 0 Å². The molecule has 0 aliphatic carbocycles. The molecule has 0 aromatic heterocycles. The fourth-order valence-corrected chi connectivity index (χ4v) is 1.55. The molecule has 0 heterocycles. The molecule has 0 fully saturated rings. The maximum Gasteiger partial charge on any atom is 0.318 e. The summed E-state index contributed by atoms with van der Waals surface area (Å²) in [6.45, 7) is -0.0976. The van der Waals surface area contributed by atoms with Crippen LogP contribution in [-0.2, 0) is 4.79 Å². The first-order valence-electron chi connectivity index (χ1n) is 4.26. The fraction of sp³-hybridized carbons (Fsp3) is 0.111. The van der Waals surface area contributed by atoms with Crippen molar-refractivity contribution < 1.29 is 9.59 Å². The number of amides is 3. The highest BCUT2D eigenvalue weighted by Crippen LogP contribution is 2.22. The Hall–Kier alpha value is -1.46. The molecule has 7 heteroatoms. The first kappa shape index (κ1) is 12.6. The number of halogens is 2.